The molecule has 30 heavy (non-hydrogen) atoms. The normalized spacial score (nSPS) is 18.6. The molecular formula is C21H28N6O3. The fraction of sp³-hybridized carbons (Fsp3) is 0.571. The number of pyridine rings is 1. The number of hydrogen-bond donors (Lipinski definition) is 3. The molecule has 3 atom stereocenters. The highest BCUT2D eigenvalue weighted by Crippen LogP contribution is 2.20. The summed E-state index contributed by atoms with van der Waals surface area (Å²) in [7, 11) is 0. The maximum absolute atomic E-state index is 13.1. The van der Waals surface area contributed by atoms with E-state index in [1.807, 2.05) is 13.8 Å². The summed E-state index contributed by atoms with van der Waals surface area (Å²) >= 11 is 0. The van der Waals surface area contributed by atoms with Gasteiger partial charge in [0.05, 0.1) is 11.6 Å². The number of nitrogens with zero attached hydrogens (tertiary/aromatic N) is 3. The minimum absolute atomic E-state index is 0.0780. The van der Waals surface area contributed by atoms with Crippen LogP contribution in [-0.2, 0) is 9.59 Å². The van der Waals surface area contributed by atoms with Gasteiger partial charge in [-0.2, -0.15) is 5.26 Å². The lowest BCUT2D eigenvalue weighted by Gasteiger charge is -2.26. The van der Waals surface area contributed by atoms with E-state index in [1.165, 1.54) is 4.57 Å². The second-order valence-electron chi connectivity index (χ2n) is 8.31. The fourth-order valence-electron chi connectivity index (χ4n) is 3.94. The zero-order chi connectivity index (χ0) is 21.8. The van der Waals surface area contributed by atoms with Gasteiger partial charge in [0.15, 0.2) is 0 Å². The number of aromatic nitrogens is 3. The van der Waals surface area contributed by atoms with Crippen molar-refractivity contribution in [1.29, 1.82) is 5.26 Å². The van der Waals surface area contributed by atoms with E-state index in [2.05, 4.69) is 26.7 Å². The molecule has 0 bridgehead atoms. The number of imidazole rings is 1. The van der Waals surface area contributed by atoms with E-state index in [4.69, 9.17) is 0 Å². The van der Waals surface area contributed by atoms with Crippen LogP contribution in [0.15, 0.2) is 17.1 Å². The average Bonchev–Trinajstić information content (AvgIpc) is 3.09. The highest BCUT2D eigenvalue weighted by Gasteiger charge is 2.29. The number of nitriles is 1. The van der Waals surface area contributed by atoms with E-state index in [-0.39, 0.29) is 29.7 Å². The van der Waals surface area contributed by atoms with Crippen LogP contribution in [0.25, 0.3) is 11.0 Å². The van der Waals surface area contributed by atoms with Crippen LogP contribution in [0.5, 0.6) is 0 Å². The number of aromatic amines is 1. The first kappa shape index (κ1) is 21.6. The fourth-order valence-corrected chi connectivity index (χ4v) is 3.94. The molecule has 3 rings (SSSR count). The van der Waals surface area contributed by atoms with Crippen molar-refractivity contribution in [2.75, 3.05) is 6.54 Å². The smallest absolute Gasteiger partial charge is 0.277 e. The second kappa shape index (κ2) is 9.11. The van der Waals surface area contributed by atoms with Gasteiger partial charge in [-0.15, -0.1) is 0 Å². The van der Waals surface area contributed by atoms with Crippen LogP contribution in [0.4, 0.5) is 0 Å². The van der Waals surface area contributed by atoms with Gasteiger partial charge in [0, 0.05) is 18.7 Å². The van der Waals surface area contributed by atoms with Crippen LogP contribution in [0, 0.1) is 30.1 Å². The van der Waals surface area contributed by atoms with Gasteiger partial charge in [-0.1, -0.05) is 13.8 Å². The number of rotatable bonds is 7. The van der Waals surface area contributed by atoms with Gasteiger partial charge in [0.1, 0.15) is 23.4 Å². The van der Waals surface area contributed by atoms with Gasteiger partial charge in [-0.05, 0) is 44.6 Å². The number of nitrogens with one attached hydrogen (secondary N) is 3. The Balaban J connectivity index is 1.83. The van der Waals surface area contributed by atoms with E-state index in [0.717, 1.165) is 6.42 Å². The SMILES string of the molecule is Cc1nc2ccn([C@@H](CC(C)C)C(=O)N[C@H](C#N)C[C@@H]3CCCNC3=O)c(=O)c2[nH]1. The van der Waals surface area contributed by atoms with Crippen LogP contribution in [0.3, 0.4) is 0 Å². The molecule has 2 aromatic rings. The van der Waals surface area contributed by atoms with E-state index in [1.54, 1.807) is 19.2 Å². The Morgan fingerprint density at radius 3 is 2.87 bits per heavy atom. The van der Waals surface area contributed by atoms with Gasteiger partial charge in [0.25, 0.3) is 5.56 Å². The largest absolute Gasteiger partial charge is 0.356 e. The molecule has 2 aromatic heterocycles. The highest BCUT2D eigenvalue weighted by molar-refractivity contribution is 5.82. The zero-order valence-corrected chi connectivity index (χ0v) is 17.6. The number of amides is 2. The Labute approximate surface area is 174 Å². The van der Waals surface area contributed by atoms with Crippen LogP contribution in [-0.4, -0.2) is 38.9 Å². The molecule has 0 aromatic carbocycles. The Morgan fingerprint density at radius 1 is 1.43 bits per heavy atom. The van der Waals surface area contributed by atoms with E-state index < -0.39 is 18.0 Å². The molecule has 3 heterocycles. The number of carbonyl (C=O) groups excluding carboxylic acids is 2. The number of aryl methyl sites for hydroxylation is 1. The summed E-state index contributed by atoms with van der Waals surface area (Å²) in [6.07, 6.45) is 3.83. The van der Waals surface area contributed by atoms with Crippen molar-refractivity contribution in [3.8, 4) is 6.07 Å². The van der Waals surface area contributed by atoms with Gasteiger partial charge >= 0.3 is 0 Å². The van der Waals surface area contributed by atoms with Crippen molar-refractivity contribution >= 4 is 22.8 Å². The molecule has 0 radical (unpaired) electrons. The van der Waals surface area contributed by atoms with Crippen molar-refractivity contribution < 1.29 is 9.59 Å². The standard InChI is InChI=1S/C21H28N6O3/c1-12(2)9-17(27-8-6-16-18(21(27)30)25-13(3)24-16)20(29)26-15(11-22)10-14-5-4-7-23-19(14)28/h6,8,12,14-15,17H,4-5,7,9-10H2,1-3H3,(H,23,28)(H,24,25)(H,26,29)/t14-,15-,17-/m0/s1. The lowest BCUT2D eigenvalue weighted by atomic mass is 9.91. The zero-order valence-electron chi connectivity index (χ0n) is 17.6. The van der Waals surface area contributed by atoms with Gasteiger partial charge < -0.3 is 20.2 Å². The second-order valence-corrected chi connectivity index (χ2v) is 8.31. The van der Waals surface area contributed by atoms with Gasteiger partial charge in [-0.3, -0.25) is 14.4 Å². The van der Waals surface area contributed by atoms with Gasteiger partial charge in [-0.25, -0.2) is 4.98 Å². The summed E-state index contributed by atoms with van der Waals surface area (Å²) in [5.74, 6) is 0.00531. The molecule has 1 saturated heterocycles. The van der Waals surface area contributed by atoms with Crippen molar-refractivity contribution in [2.24, 2.45) is 11.8 Å². The molecule has 1 aliphatic heterocycles. The third-order valence-corrected chi connectivity index (χ3v) is 5.42. The van der Waals surface area contributed by atoms with Crippen molar-refractivity contribution in [2.45, 2.75) is 58.5 Å². The van der Waals surface area contributed by atoms with E-state index in [9.17, 15) is 19.6 Å². The molecular weight excluding hydrogens is 384 g/mol. The molecule has 3 N–H and O–H groups in total. The Hall–Kier alpha value is -3.15. The Kier molecular flexibility index (Phi) is 6.55. The Morgan fingerprint density at radius 2 is 2.20 bits per heavy atom. The topological polar surface area (TPSA) is 133 Å². The first-order valence-electron chi connectivity index (χ1n) is 10.3. The van der Waals surface area contributed by atoms with Crippen molar-refractivity contribution in [3.63, 3.8) is 0 Å². The Bertz CT molecular complexity index is 1030. The third-order valence-electron chi connectivity index (χ3n) is 5.42. The molecule has 0 spiro atoms. The van der Waals surface area contributed by atoms with Crippen molar-refractivity contribution in [3.05, 3.63) is 28.4 Å². The summed E-state index contributed by atoms with van der Waals surface area (Å²) < 4.78 is 1.40. The first-order chi connectivity index (χ1) is 14.3. The molecule has 9 heteroatoms. The lowest BCUT2D eigenvalue weighted by molar-refractivity contribution is -0.128. The van der Waals surface area contributed by atoms with E-state index in [0.29, 0.717) is 36.2 Å². The molecule has 0 aliphatic carbocycles. The third kappa shape index (κ3) is 4.70. The molecule has 9 nitrogen and oxygen atoms in total. The van der Waals surface area contributed by atoms with Gasteiger partial charge in [0.2, 0.25) is 11.8 Å². The molecule has 2 amide bonds. The minimum Gasteiger partial charge on any atom is -0.356 e. The number of hydrogen-bond acceptors (Lipinski definition) is 5. The molecule has 160 valence electrons. The van der Waals surface area contributed by atoms with E-state index >= 15 is 0 Å². The van der Waals surface area contributed by atoms with Crippen molar-refractivity contribution in [1.82, 2.24) is 25.2 Å². The van der Waals surface area contributed by atoms with Crippen LogP contribution in [0.1, 0.15) is 51.4 Å². The maximum atomic E-state index is 13.1. The highest BCUT2D eigenvalue weighted by atomic mass is 16.2. The average molecular weight is 412 g/mol. The summed E-state index contributed by atoms with van der Waals surface area (Å²) in [6, 6.07) is 2.24. The summed E-state index contributed by atoms with van der Waals surface area (Å²) in [5, 5.41) is 15.1. The number of carbonyl (C=O) groups is 2. The summed E-state index contributed by atoms with van der Waals surface area (Å²) in [4.78, 5) is 45.3. The monoisotopic (exact) mass is 412 g/mol. The summed E-state index contributed by atoms with van der Waals surface area (Å²) in [6.45, 7) is 6.35. The minimum atomic E-state index is -0.796. The van der Waals surface area contributed by atoms with Crippen LogP contribution in [0.2, 0.25) is 0 Å². The quantitative estimate of drug-likeness (QED) is 0.634. The summed E-state index contributed by atoms with van der Waals surface area (Å²) in [5.41, 5.74) is 0.581. The number of piperidine rings is 1. The predicted molar refractivity (Wildman–Crippen MR) is 111 cm³/mol. The molecule has 0 saturated carbocycles. The molecule has 0 unspecified atom stereocenters. The molecule has 1 fully saturated rings. The first-order valence-corrected chi connectivity index (χ1v) is 10.3. The number of fused-ring (bicyclic) bond motifs is 1. The van der Waals surface area contributed by atoms with Crippen LogP contribution >= 0.6 is 0 Å². The van der Waals surface area contributed by atoms with Crippen LogP contribution < -0.4 is 16.2 Å². The molecule has 1 aliphatic rings. The number of H-pyrrole nitrogens is 1. The maximum Gasteiger partial charge on any atom is 0.277 e. The lowest BCUT2D eigenvalue weighted by Crippen LogP contribution is -2.45. The predicted octanol–water partition coefficient (Wildman–Crippen LogP) is 1.54.